The molecule has 0 rings (SSSR count). The van der Waals surface area contributed by atoms with Crippen molar-refractivity contribution in [3.05, 3.63) is 61.3 Å². The Hall–Kier alpha value is -2.28. The Kier molecular flexibility index (Phi) is 19.4. The van der Waals surface area contributed by atoms with E-state index >= 15 is 0 Å². The van der Waals surface area contributed by atoms with Crippen LogP contribution < -0.4 is 0 Å². The number of carbonyl (C=O) groups is 2. The van der Waals surface area contributed by atoms with E-state index in [0.717, 1.165) is 24.0 Å². The van der Waals surface area contributed by atoms with Crippen molar-refractivity contribution in [3.63, 3.8) is 0 Å². The van der Waals surface area contributed by atoms with Gasteiger partial charge in [-0.3, -0.25) is 9.59 Å². The Bertz CT molecular complexity index is 856. The Labute approximate surface area is 244 Å². The van der Waals surface area contributed by atoms with Gasteiger partial charge in [0, 0.05) is 24.7 Å². The third-order valence-electron chi connectivity index (χ3n) is 7.35. The van der Waals surface area contributed by atoms with Crippen molar-refractivity contribution >= 4 is 11.8 Å². The van der Waals surface area contributed by atoms with Crippen LogP contribution in [0.25, 0.3) is 0 Å². The van der Waals surface area contributed by atoms with Gasteiger partial charge in [0.05, 0.1) is 44.1 Å². The van der Waals surface area contributed by atoms with Gasteiger partial charge < -0.3 is 18.9 Å². The normalized spacial score (nSPS) is 18.4. The fourth-order valence-electron chi connectivity index (χ4n) is 5.44. The Balaban J connectivity index is 6.35. The van der Waals surface area contributed by atoms with E-state index in [1.165, 1.54) is 6.92 Å². The summed E-state index contributed by atoms with van der Waals surface area (Å²) >= 11 is 0. The average Bonchev–Trinajstić information content (AvgIpc) is 2.91. The minimum Gasteiger partial charge on any atom is -0.457 e. The van der Waals surface area contributed by atoms with Crippen LogP contribution in [-0.2, 0) is 28.5 Å². The van der Waals surface area contributed by atoms with Gasteiger partial charge in [0.25, 0.3) is 0 Å². The zero-order chi connectivity index (χ0) is 30.8. The van der Waals surface area contributed by atoms with Gasteiger partial charge in [0.1, 0.15) is 11.9 Å². The van der Waals surface area contributed by atoms with Crippen LogP contribution in [0.1, 0.15) is 75.2 Å². The van der Waals surface area contributed by atoms with Crippen LogP contribution in [0.15, 0.2) is 61.3 Å². The van der Waals surface area contributed by atoms with Crippen molar-refractivity contribution in [3.8, 4) is 0 Å². The molecule has 8 atom stereocenters. The molecule has 0 unspecified atom stereocenters. The van der Waals surface area contributed by atoms with Gasteiger partial charge in [0.15, 0.2) is 0 Å². The van der Waals surface area contributed by atoms with Crippen molar-refractivity contribution in [1.82, 2.24) is 0 Å². The molecule has 0 heterocycles. The number of Topliss-reactive ketones (excluding diaryl/α,β-unsaturated/α-hetero) is 1. The summed E-state index contributed by atoms with van der Waals surface area (Å²) in [5.41, 5.74) is 1.89. The molecule has 0 saturated carbocycles. The lowest BCUT2D eigenvalue weighted by Crippen LogP contribution is -2.47. The summed E-state index contributed by atoms with van der Waals surface area (Å²) in [7, 11) is 0. The van der Waals surface area contributed by atoms with Gasteiger partial charge in [-0.25, -0.2) is 0 Å². The Morgan fingerprint density at radius 2 is 1.27 bits per heavy atom. The minimum atomic E-state index is -0.675. The zero-order valence-corrected chi connectivity index (χ0v) is 26.6. The predicted octanol–water partition coefficient (Wildman–Crippen LogP) is 7.46. The van der Waals surface area contributed by atoms with Gasteiger partial charge >= 0.3 is 5.97 Å². The highest BCUT2D eigenvalue weighted by atomic mass is 16.5. The molecule has 0 aliphatic heterocycles. The lowest BCUT2D eigenvalue weighted by molar-refractivity contribution is -0.151. The summed E-state index contributed by atoms with van der Waals surface area (Å²) in [6, 6.07) is 0. The third kappa shape index (κ3) is 12.5. The predicted molar refractivity (Wildman–Crippen MR) is 165 cm³/mol. The second-order valence-corrected chi connectivity index (χ2v) is 10.7. The van der Waals surface area contributed by atoms with E-state index in [4.69, 9.17) is 18.9 Å². The highest BCUT2D eigenvalue weighted by Gasteiger charge is 2.41. The molecule has 0 amide bonds. The second kappa shape index (κ2) is 20.6. The summed E-state index contributed by atoms with van der Waals surface area (Å²) in [6.07, 6.45) is 9.47. The van der Waals surface area contributed by atoms with E-state index in [-0.39, 0.29) is 29.8 Å². The molecule has 0 bridgehead atoms. The molecule has 0 aromatic carbocycles. The Morgan fingerprint density at radius 1 is 0.750 bits per heavy atom. The number of esters is 1. The monoisotopic (exact) mass is 560 g/mol. The van der Waals surface area contributed by atoms with Gasteiger partial charge in [-0.05, 0) is 32.3 Å². The van der Waals surface area contributed by atoms with E-state index < -0.39 is 30.0 Å². The molecule has 0 fully saturated rings. The fraction of sp³-hybridized carbons (Fsp3) is 0.647. The van der Waals surface area contributed by atoms with E-state index in [1.54, 1.807) is 18.2 Å². The lowest BCUT2D eigenvalue weighted by atomic mass is 9.77. The van der Waals surface area contributed by atoms with Crippen molar-refractivity contribution in [2.75, 3.05) is 19.8 Å². The number of rotatable bonds is 22. The molecule has 40 heavy (non-hydrogen) atoms. The maximum Gasteiger partial charge on any atom is 0.303 e. The van der Waals surface area contributed by atoms with E-state index in [9.17, 15) is 9.59 Å². The summed E-state index contributed by atoms with van der Waals surface area (Å²) < 4.78 is 24.3. The van der Waals surface area contributed by atoms with Crippen LogP contribution in [0.5, 0.6) is 0 Å². The standard InChI is InChI=1S/C34H56O6/c1-13-18-23(6)22-24(7)32(40-29(12)35)26(9)31(36)27(10)34(39-21-16-4)28(11)33(38-20-15-3)25(8)30(17-5)37-19-14-2/h14-16,18,22,25-28,30,32-34H,2-4,13,17,19-21H2,1,5-12H3/b23-18+,24-22+/t25-,26-,27+,28-,30+,32+,33-,34-/m0/s1. The summed E-state index contributed by atoms with van der Waals surface area (Å²) in [5.74, 6) is -1.69. The van der Waals surface area contributed by atoms with Crippen molar-refractivity contribution in [2.45, 2.75) is 99.6 Å². The minimum absolute atomic E-state index is 0.0155. The topological polar surface area (TPSA) is 71.1 Å². The quantitative estimate of drug-likeness (QED) is 0.0778. The van der Waals surface area contributed by atoms with Gasteiger partial charge in [-0.15, -0.1) is 19.7 Å². The number of ketones is 1. The first-order valence-electron chi connectivity index (χ1n) is 14.6. The van der Waals surface area contributed by atoms with Crippen LogP contribution in [0, 0.1) is 23.7 Å². The first-order valence-corrected chi connectivity index (χ1v) is 14.6. The highest BCUT2D eigenvalue weighted by Crippen LogP contribution is 2.33. The summed E-state index contributed by atoms with van der Waals surface area (Å²) in [6.45, 7) is 29.8. The summed E-state index contributed by atoms with van der Waals surface area (Å²) in [5, 5.41) is 0. The number of carbonyl (C=O) groups excluding carboxylic acids is 2. The van der Waals surface area contributed by atoms with Gasteiger partial charge in [0.2, 0.25) is 0 Å². The third-order valence-corrected chi connectivity index (χ3v) is 7.35. The number of hydrogen-bond acceptors (Lipinski definition) is 6. The van der Waals surface area contributed by atoms with Crippen LogP contribution in [-0.4, -0.2) is 56.0 Å². The number of allylic oxidation sites excluding steroid dienone is 3. The zero-order valence-electron chi connectivity index (χ0n) is 26.6. The number of ether oxygens (including phenoxy) is 4. The molecule has 0 N–H and O–H groups in total. The number of hydrogen-bond donors (Lipinski definition) is 0. The van der Waals surface area contributed by atoms with E-state index in [2.05, 4.69) is 53.5 Å². The molecule has 0 aliphatic carbocycles. The highest BCUT2D eigenvalue weighted by molar-refractivity contribution is 5.84. The molecule has 6 heteroatoms. The van der Waals surface area contributed by atoms with Crippen LogP contribution in [0.2, 0.25) is 0 Å². The molecule has 6 nitrogen and oxygen atoms in total. The fourth-order valence-corrected chi connectivity index (χ4v) is 5.44. The summed E-state index contributed by atoms with van der Waals surface area (Å²) in [4.78, 5) is 26.0. The van der Waals surface area contributed by atoms with Crippen LogP contribution >= 0.6 is 0 Å². The molecular weight excluding hydrogens is 504 g/mol. The van der Waals surface area contributed by atoms with Crippen molar-refractivity contribution in [1.29, 1.82) is 0 Å². The molecule has 0 aromatic rings. The molecule has 228 valence electrons. The molecular formula is C34H56O6. The van der Waals surface area contributed by atoms with Crippen LogP contribution in [0.4, 0.5) is 0 Å². The SMILES string of the molecule is C=CCO[C@@H]([C@@H](C)[C@@H](CC)OCC=C)[C@H](C)[C@@H](OCC=C)[C@H](C)C(=O)[C@H](C)[C@H](OC(C)=O)/C(C)=C/C(C)=C/CC. The second-order valence-electron chi connectivity index (χ2n) is 10.7. The Morgan fingerprint density at radius 3 is 1.75 bits per heavy atom. The van der Waals surface area contributed by atoms with Gasteiger partial charge in [-0.2, -0.15) is 0 Å². The molecule has 0 saturated heterocycles. The smallest absolute Gasteiger partial charge is 0.303 e. The molecule has 0 radical (unpaired) electrons. The van der Waals surface area contributed by atoms with Crippen LogP contribution in [0.3, 0.4) is 0 Å². The van der Waals surface area contributed by atoms with E-state index in [1.807, 2.05) is 33.8 Å². The first-order chi connectivity index (χ1) is 18.9. The first kappa shape index (κ1) is 37.7. The molecule has 0 spiro atoms. The van der Waals surface area contributed by atoms with Gasteiger partial charge in [-0.1, -0.05) is 77.5 Å². The maximum absolute atomic E-state index is 14.0. The largest absolute Gasteiger partial charge is 0.457 e. The van der Waals surface area contributed by atoms with Crippen molar-refractivity contribution in [2.24, 2.45) is 23.7 Å². The molecule has 0 aromatic heterocycles. The molecule has 0 aliphatic rings. The van der Waals surface area contributed by atoms with Crippen molar-refractivity contribution < 1.29 is 28.5 Å². The average molecular weight is 561 g/mol. The van der Waals surface area contributed by atoms with E-state index in [0.29, 0.717) is 19.8 Å². The lowest BCUT2D eigenvalue weighted by Gasteiger charge is -2.39. The maximum atomic E-state index is 14.0.